The van der Waals surface area contributed by atoms with Crippen molar-refractivity contribution < 1.29 is 9.47 Å². The lowest BCUT2D eigenvalue weighted by atomic mass is 10.1. The fourth-order valence-corrected chi connectivity index (χ4v) is 1.55. The Labute approximate surface area is 83.8 Å². The third-order valence-corrected chi connectivity index (χ3v) is 2.40. The summed E-state index contributed by atoms with van der Waals surface area (Å²) >= 11 is 0. The van der Waals surface area contributed by atoms with E-state index in [0.29, 0.717) is 26.4 Å². The second kappa shape index (κ2) is 4.55. The quantitative estimate of drug-likeness (QED) is 0.768. The van der Waals surface area contributed by atoms with E-state index >= 15 is 0 Å². The van der Waals surface area contributed by atoms with Gasteiger partial charge in [-0.3, -0.25) is 0 Å². The average molecular weight is 193 g/mol. The molecule has 1 aromatic carbocycles. The fraction of sp³-hybridized carbons (Fsp3) is 0.455. The van der Waals surface area contributed by atoms with Gasteiger partial charge in [-0.05, 0) is 11.1 Å². The van der Waals surface area contributed by atoms with E-state index in [0.717, 1.165) is 5.56 Å². The van der Waals surface area contributed by atoms with Crippen molar-refractivity contribution in [1.82, 2.24) is 0 Å². The Morgan fingerprint density at radius 2 is 2.00 bits per heavy atom. The molecule has 1 atom stereocenters. The Kier molecular flexibility index (Phi) is 3.14. The van der Waals surface area contributed by atoms with Crippen LogP contribution in [-0.2, 0) is 16.0 Å². The van der Waals surface area contributed by atoms with Gasteiger partial charge in [0.05, 0.1) is 19.8 Å². The molecule has 1 fully saturated rings. The summed E-state index contributed by atoms with van der Waals surface area (Å²) in [6, 6.07) is 8.18. The monoisotopic (exact) mass is 193 g/mol. The SMILES string of the molecule is NCc1ccc(C2COCCO2)cc1. The molecule has 2 rings (SSSR count). The molecule has 0 saturated carbocycles. The van der Waals surface area contributed by atoms with Gasteiger partial charge >= 0.3 is 0 Å². The van der Waals surface area contributed by atoms with Crippen molar-refractivity contribution in [2.45, 2.75) is 12.6 Å². The van der Waals surface area contributed by atoms with Gasteiger partial charge in [-0.25, -0.2) is 0 Å². The van der Waals surface area contributed by atoms with E-state index in [1.165, 1.54) is 5.56 Å². The van der Waals surface area contributed by atoms with Gasteiger partial charge in [-0.2, -0.15) is 0 Å². The minimum Gasteiger partial charge on any atom is -0.376 e. The van der Waals surface area contributed by atoms with Gasteiger partial charge in [0.25, 0.3) is 0 Å². The molecule has 0 radical (unpaired) electrons. The van der Waals surface area contributed by atoms with Crippen molar-refractivity contribution in [3.63, 3.8) is 0 Å². The third kappa shape index (κ3) is 2.12. The first-order valence-electron chi connectivity index (χ1n) is 4.88. The topological polar surface area (TPSA) is 44.5 Å². The van der Waals surface area contributed by atoms with Crippen molar-refractivity contribution in [3.8, 4) is 0 Å². The van der Waals surface area contributed by atoms with Gasteiger partial charge in [0.15, 0.2) is 0 Å². The molecular formula is C11H15NO2. The maximum absolute atomic E-state index is 5.58. The van der Waals surface area contributed by atoms with Gasteiger partial charge < -0.3 is 15.2 Å². The Balaban J connectivity index is 2.07. The summed E-state index contributed by atoms with van der Waals surface area (Å²) in [7, 11) is 0. The first kappa shape index (κ1) is 9.65. The molecule has 1 aliphatic heterocycles. The van der Waals surface area contributed by atoms with Crippen molar-refractivity contribution in [2.24, 2.45) is 5.73 Å². The van der Waals surface area contributed by atoms with E-state index < -0.39 is 0 Å². The van der Waals surface area contributed by atoms with Crippen molar-refractivity contribution in [2.75, 3.05) is 19.8 Å². The lowest BCUT2D eigenvalue weighted by molar-refractivity contribution is -0.0901. The van der Waals surface area contributed by atoms with E-state index in [2.05, 4.69) is 12.1 Å². The molecule has 1 aliphatic rings. The van der Waals surface area contributed by atoms with Crippen LogP contribution in [0.15, 0.2) is 24.3 Å². The number of rotatable bonds is 2. The molecule has 0 aliphatic carbocycles. The minimum atomic E-state index is 0.0931. The minimum absolute atomic E-state index is 0.0931. The summed E-state index contributed by atoms with van der Waals surface area (Å²) in [5.74, 6) is 0. The molecule has 3 nitrogen and oxygen atoms in total. The van der Waals surface area contributed by atoms with Crippen LogP contribution < -0.4 is 5.73 Å². The van der Waals surface area contributed by atoms with Gasteiger partial charge in [0.1, 0.15) is 6.10 Å². The second-order valence-corrected chi connectivity index (χ2v) is 3.38. The normalized spacial score (nSPS) is 22.2. The third-order valence-electron chi connectivity index (χ3n) is 2.40. The van der Waals surface area contributed by atoms with Crippen LogP contribution >= 0.6 is 0 Å². The molecule has 0 amide bonds. The summed E-state index contributed by atoms with van der Waals surface area (Å²) < 4.78 is 10.9. The molecule has 76 valence electrons. The van der Waals surface area contributed by atoms with Crippen LogP contribution in [0.4, 0.5) is 0 Å². The summed E-state index contributed by atoms with van der Waals surface area (Å²) in [6.45, 7) is 2.63. The molecule has 0 aromatic heterocycles. The molecule has 0 bridgehead atoms. The van der Waals surface area contributed by atoms with Gasteiger partial charge in [-0.1, -0.05) is 24.3 Å². The van der Waals surface area contributed by atoms with E-state index in [-0.39, 0.29) is 6.10 Å². The number of ether oxygens (including phenoxy) is 2. The smallest absolute Gasteiger partial charge is 0.106 e. The fourth-order valence-electron chi connectivity index (χ4n) is 1.55. The van der Waals surface area contributed by atoms with E-state index in [4.69, 9.17) is 15.2 Å². The van der Waals surface area contributed by atoms with Crippen LogP contribution in [0.3, 0.4) is 0 Å². The summed E-state index contributed by atoms with van der Waals surface area (Å²) in [5.41, 5.74) is 7.83. The predicted molar refractivity (Wildman–Crippen MR) is 53.8 cm³/mol. The number of benzene rings is 1. The zero-order valence-corrected chi connectivity index (χ0v) is 8.11. The lowest BCUT2D eigenvalue weighted by Gasteiger charge is -2.23. The Hall–Kier alpha value is -0.900. The van der Waals surface area contributed by atoms with Crippen LogP contribution in [0.25, 0.3) is 0 Å². The van der Waals surface area contributed by atoms with E-state index in [1.807, 2.05) is 12.1 Å². The molecule has 14 heavy (non-hydrogen) atoms. The Morgan fingerprint density at radius 1 is 1.21 bits per heavy atom. The van der Waals surface area contributed by atoms with E-state index in [1.54, 1.807) is 0 Å². The van der Waals surface area contributed by atoms with Crippen LogP contribution in [0, 0.1) is 0 Å². The highest BCUT2D eigenvalue weighted by Crippen LogP contribution is 2.20. The molecule has 1 saturated heterocycles. The van der Waals surface area contributed by atoms with Crippen LogP contribution in [-0.4, -0.2) is 19.8 Å². The maximum Gasteiger partial charge on any atom is 0.106 e. The van der Waals surface area contributed by atoms with Crippen LogP contribution in [0.2, 0.25) is 0 Å². The highest BCUT2D eigenvalue weighted by molar-refractivity contribution is 5.24. The second-order valence-electron chi connectivity index (χ2n) is 3.38. The summed E-state index contributed by atoms with van der Waals surface area (Å²) in [6.07, 6.45) is 0.0931. The average Bonchev–Trinajstić information content (AvgIpc) is 2.30. The van der Waals surface area contributed by atoms with Crippen molar-refractivity contribution in [1.29, 1.82) is 0 Å². The van der Waals surface area contributed by atoms with Crippen molar-refractivity contribution >= 4 is 0 Å². The summed E-state index contributed by atoms with van der Waals surface area (Å²) in [4.78, 5) is 0. The van der Waals surface area contributed by atoms with Gasteiger partial charge in [-0.15, -0.1) is 0 Å². The molecule has 2 N–H and O–H groups in total. The first-order chi connectivity index (χ1) is 6.90. The van der Waals surface area contributed by atoms with Crippen LogP contribution in [0.5, 0.6) is 0 Å². The lowest BCUT2D eigenvalue weighted by Crippen LogP contribution is -2.21. The standard InChI is InChI=1S/C11H15NO2/c12-7-9-1-3-10(4-2-9)11-8-13-5-6-14-11/h1-4,11H,5-8,12H2. The number of hydrogen-bond acceptors (Lipinski definition) is 3. The van der Waals surface area contributed by atoms with Gasteiger partial charge in [0.2, 0.25) is 0 Å². The highest BCUT2D eigenvalue weighted by atomic mass is 16.6. The van der Waals surface area contributed by atoms with Gasteiger partial charge in [0, 0.05) is 6.54 Å². The largest absolute Gasteiger partial charge is 0.376 e. The molecule has 1 heterocycles. The zero-order valence-electron chi connectivity index (χ0n) is 8.11. The van der Waals surface area contributed by atoms with E-state index in [9.17, 15) is 0 Å². The highest BCUT2D eigenvalue weighted by Gasteiger charge is 2.15. The maximum atomic E-state index is 5.58. The molecule has 1 aromatic rings. The molecule has 1 unspecified atom stereocenters. The Morgan fingerprint density at radius 3 is 2.57 bits per heavy atom. The first-order valence-corrected chi connectivity index (χ1v) is 4.88. The number of hydrogen-bond donors (Lipinski definition) is 1. The Bertz CT molecular complexity index is 278. The molecular weight excluding hydrogens is 178 g/mol. The van der Waals surface area contributed by atoms with Crippen LogP contribution in [0.1, 0.15) is 17.2 Å². The molecule has 0 spiro atoms. The summed E-state index contributed by atoms with van der Waals surface area (Å²) in [5, 5.41) is 0. The molecule has 3 heteroatoms. The zero-order chi connectivity index (χ0) is 9.80. The van der Waals surface area contributed by atoms with Crippen molar-refractivity contribution in [3.05, 3.63) is 35.4 Å². The number of nitrogens with two attached hydrogens (primary N) is 1. The predicted octanol–water partition coefficient (Wildman–Crippen LogP) is 1.23.